The molecule has 0 saturated carbocycles. The highest BCUT2D eigenvalue weighted by Gasteiger charge is 2.22. The van der Waals surface area contributed by atoms with Crippen LogP contribution in [-0.2, 0) is 4.74 Å². The predicted octanol–water partition coefficient (Wildman–Crippen LogP) is 3.03. The maximum Gasteiger partial charge on any atom is 0.124 e. The summed E-state index contributed by atoms with van der Waals surface area (Å²) < 4.78 is 23.9. The van der Waals surface area contributed by atoms with Crippen LogP contribution >= 0.6 is 0 Å². The topological polar surface area (TPSA) is 54.3 Å². The van der Waals surface area contributed by atoms with Gasteiger partial charge in [0.05, 0.1) is 32.9 Å². The van der Waals surface area contributed by atoms with Gasteiger partial charge in [0.25, 0.3) is 0 Å². The Kier molecular flexibility index (Phi) is 6.20. The average Bonchev–Trinajstić information content (AvgIpc) is 2.68. The van der Waals surface area contributed by atoms with E-state index < -0.39 is 0 Å². The van der Waals surface area contributed by atoms with E-state index in [0.29, 0.717) is 31.1 Å². The molecule has 1 saturated heterocycles. The van der Waals surface area contributed by atoms with E-state index >= 15 is 0 Å². The Hall–Kier alpha value is -2.44. The van der Waals surface area contributed by atoms with E-state index in [1.165, 1.54) is 12.1 Å². The molecule has 0 spiro atoms. The number of morpholine rings is 1. The molecule has 0 bridgehead atoms. The number of ether oxygens (including phenoxy) is 2. The van der Waals surface area contributed by atoms with Gasteiger partial charge in [-0.15, -0.1) is 0 Å². The molecule has 0 unspecified atom stereocenters. The van der Waals surface area contributed by atoms with E-state index in [1.54, 1.807) is 43.7 Å². The monoisotopic (exact) mass is 358 g/mol. The summed E-state index contributed by atoms with van der Waals surface area (Å²) in [5, 5.41) is 9.98. The minimum Gasteiger partial charge on any atom is -0.507 e. The third-order valence-electron chi connectivity index (χ3n) is 4.48. The predicted molar refractivity (Wildman–Crippen MR) is 98.7 cm³/mol. The van der Waals surface area contributed by atoms with E-state index in [9.17, 15) is 9.50 Å². The lowest BCUT2D eigenvalue weighted by Crippen LogP contribution is -2.40. The number of phenolic OH excluding ortho intramolecular Hbond substituents is 1. The second kappa shape index (κ2) is 8.78. The number of aliphatic imine (C=N–C) groups is 1. The molecule has 5 nitrogen and oxygen atoms in total. The summed E-state index contributed by atoms with van der Waals surface area (Å²) in [6, 6.07) is 11.6. The lowest BCUT2D eigenvalue weighted by Gasteiger charge is -2.34. The van der Waals surface area contributed by atoms with Crippen LogP contribution in [0.2, 0.25) is 0 Å². The van der Waals surface area contributed by atoms with E-state index in [0.717, 1.165) is 18.7 Å². The van der Waals surface area contributed by atoms with Gasteiger partial charge in [-0.3, -0.25) is 9.89 Å². The van der Waals surface area contributed by atoms with Gasteiger partial charge in [0.2, 0.25) is 0 Å². The van der Waals surface area contributed by atoms with Crippen LogP contribution < -0.4 is 4.74 Å². The van der Waals surface area contributed by atoms with Gasteiger partial charge in [-0.05, 0) is 35.9 Å². The van der Waals surface area contributed by atoms with Gasteiger partial charge in [-0.25, -0.2) is 4.39 Å². The molecule has 1 fully saturated rings. The third-order valence-corrected chi connectivity index (χ3v) is 4.48. The normalized spacial score (nSPS) is 16.7. The van der Waals surface area contributed by atoms with Gasteiger partial charge < -0.3 is 14.6 Å². The zero-order chi connectivity index (χ0) is 18.4. The number of methoxy groups -OCH3 is 1. The molecule has 0 aromatic heterocycles. The minimum absolute atomic E-state index is 0.0310. The first-order chi connectivity index (χ1) is 12.7. The highest BCUT2D eigenvalue weighted by molar-refractivity contribution is 5.84. The van der Waals surface area contributed by atoms with E-state index in [4.69, 9.17) is 9.47 Å². The Labute approximate surface area is 152 Å². The fraction of sp³-hybridized carbons (Fsp3) is 0.350. The number of nitrogens with zero attached hydrogens (tertiary/aromatic N) is 2. The lowest BCUT2D eigenvalue weighted by molar-refractivity contribution is 0.0180. The van der Waals surface area contributed by atoms with E-state index in [2.05, 4.69) is 9.89 Å². The standard InChI is InChI=1S/C20H23FN2O3/c1-25-18-6-7-20(24)16(12-18)13-22-14-19(23-8-10-26-11-9-23)15-2-4-17(21)5-3-15/h2-7,12-13,19,24H,8-11,14H2,1H3/t19-/m1/s1. The quantitative estimate of drug-likeness (QED) is 0.807. The van der Waals surface area contributed by atoms with Gasteiger partial charge in [0.1, 0.15) is 17.3 Å². The van der Waals surface area contributed by atoms with Gasteiger partial charge in [-0.2, -0.15) is 0 Å². The van der Waals surface area contributed by atoms with Crippen LogP contribution in [0.15, 0.2) is 47.5 Å². The van der Waals surface area contributed by atoms with Crippen molar-refractivity contribution in [1.29, 1.82) is 0 Å². The molecule has 138 valence electrons. The second-order valence-corrected chi connectivity index (χ2v) is 6.13. The number of aromatic hydroxyl groups is 1. The molecule has 0 amide bonds. The number of hydrogen-bond donors (Lipinski definition) is 1. The molecule has 0 aliphatic carbocycles. The maximum atomic E-state index is 13.3. The summed E-state index contributed by atoms with van der Waals surface area (Å²) in [5.74, 6) is 0.561. The largest absolute Gasteiger partial charge is 0.507 e. The van der Waals surface area contributed by atoms with Crippen molar-refractivity contribution in [3.63, 3.8) is 0 Å². The fourth-order valence-corrected chi connectivity index (χ4v) is 3.02. The minimum atomic E-state index is -0.251. The molecule has 0 radical (unpaired) electrons. The highest BCUT2D eigenvalue weighted by Crippen LogP contribution is 2.24. The Morgan fingerprint density at radius 3 is 2.65 bits per heavy atom. The van der Waals surface area contributed by atoms with Crippen LogP contribution in [0.4, 0.5) is 4.39 Å². The molecule has 2 aromatic rings. The number of halogens is 1. The molecule has 2 aromatic carbocycles. The Bertz CT molecular complexity index is 743. The molecule has 1 aliphatic rings. The second-order valence-electron chi connectivity index (χ2n) is 6.13. The summed E-state index contributed by atoms with van der Waals surface area (Å²) >= 11 is 0. The van der Waals surface area contributed by atoms with Crippen molar-refractivity contribution >= 4 is 6.21 Å². The Balaban J connectivity index is 1.78. The SMILES string of the molecule is COc1ccc(O)c(C=NC[C@H](c2ccc(F)cc2)N2CCOCC2)c1. The zero-order valence-corrected chi connectivity index (χ0v) is 14.8. The molecule has 3 rings (SSSR count). The van der Waals surface area contributed by atoms with Crippen molar-refractivity contribution in [2.24, 2.45) is 4.99 Å². The smallest absolute Gasteiger partial charge is 0.124 e. The highest BCUT2D eigenvalue weighted by atomic mass is 19.1. The molecule has 1 atom stereocenters. The third kappa shape index (κ3) is 4.59. The molecular weight excluding hydrogens is 335 g/mol. The van der Waals surface area contributed by atoms with Crippen molar-refractivity contribution in [2.45, 2.75) is 6.04 Å². The number of rotatable bonds is 6. The first-order valence-electron chi connectivity index (χ1n) is 8.61. The summed E-state index contributed by atoms with van der Waals surface area (Å²) in [6.07, 6.45) is 1.65. The molecule has 1 heterocycles. The van der Waals surface area contributed by atoms with Crippen LogP contribution in [0.25, 0.3) is 0 Å². The van der Waals surface area contributed by atoms with Crippen LogP contribution in [0.3, 0.4) is 0 Å². The van der Waals surface area contributed by atoms with Crippen LogP contribution in [0.1, 0.15) is 17.2 Å². The van der Waals surface area contributed by atoms with Crippen molar-refractivity contribution in [3.8, 4) is 11.5 Å². The van der Waals surface area contributed by atoms with Gasteiger partial charge >= 0.3 is 0 Å². The van der Waals surface area contributed by atoms with Crippen molar-refractivity contribution in [3.05, 3.63) is 59.4 Å². The van der Waals surface area contributed by atoms with E-state index in [-0.39, 0.29) is 17.6 Å². The number of phenols is 1. The van der Waals surface area contributed by atoms with Crippen LogP contribution in [0.5, 0.6) is 11.5 Å². The fourth-order valence-electron chi connectivity index (χ4n) is 3.02. The summed E-state index contributed by atoms with van der Waals surface area (Å²) in [5.41, 5.74) is 1.62. The maximum absolute atomic E-state index is 13.3. The molecule has 26 heavy (non-hydrogen) atoms. The summed E-state index contributed by atoms with van der Waals surface area (Å²) in [6.45, 7) is 3.47. The number of benzene rings is 2. The molecule has 6 heteroatoms. The molecule has 1 N–H and O–H groups in total. The summed E-state index contributed by atoms with van der Waals surface area (Å²) in [4.78, 5) is 6.83. The molecular formula is C20H23FN2O3. The van der Waals surface area contributed by atoms with Crippen molar-refractivity contribution < 1.29 is 19.0 Å². The Morgan fingerprint density at radius 2 is 1.96 bits per heavy atom. The average molecular weight is 358 g/mol. The number of hydrogen-bond acceptors (Lipinski definition) is 5. The molecule has 1 aliphatic heterocycles. The first kappa shape index (κ1) is 18.4. The van der Waals surface area contributed by atoms with Crippen LogP contribution in [0, 0.1) is 5.82 Å². The van der Waals surface area contributed by atoms with Crippen molar-refractivity contribution in [1.82, 2.24) is 4.90 Å². The Morgan fingerprint density at radius 1 is 1.23 bits per heavy atom. The zero-order valence-electron chi connectivity index (χ0n) is 14.8. The summed E-state index contributed by atoms with van der Waals surface area (Å²) in [7, 11) is 1.58. The van der Waals surface area contributed by atoms with Gasteiger partial charge in [0.15, 0.2) is 0 Å². The van der Waals surface area contributed by atoms with E-state index in [1.807, 2.05) is 0 Å². The first-order valence-corrected chi connectivity index (χ1v) is 8.61. The van der Waals surface area contributed by atoms with Crippen LogP contribution in [-0.4, -0.2) is 56.2 Å². The lowest BCUT2D eigenvalue weighted by atomic mass is 10.0. The van der Waals surface area contributed by atoms with Crippen molar-refractivity contribution in [2.75, 3.05) is 40.0 Å². The van der Waals surface area contributed by atoms with Gasteiger partial charge in [0, 0.05) is 24.9 Å². The van der Waals surface area contributed by atoms with Gasteiger partial charge in [-0.1, -0.05) is 12.1 Å².